The van der Waals surface area contributed by atoms with Crippen LogP contribution in [-0.4, -0.2) is 56.5 Å². The first-order valence-corrected chi connectivity index (χ1v) is 14.6. The van der Waals surface area contributed by atoms with Gasteiger partial charge in [0, 0.05) is 5.39 Å². The van der Waals surface area contributed by atoms with Gasteiger partial charge in [-0.25, -0.2) is 13.8 Å². The molecule has 0 spiro atoms. The van der Waals surface area contributed by atoms with Crippen molar-refractivity contribution in [1.82, 2.24) is 14.6 Å². The average molecular weight is 613 g/mol. The third kappa shape index (κ3) is 6.72. The number of benzene rings is 2. The minimum Gasteiger partial charge on any atom is -0.462 e. The number of anilines is 1. The van der Waals surface area contributed by atoms with Gasteiger partial charge < -0.3 is 24.8 Å². The minimum absolute atomic E-state index is 0.200. The van der Waals surface area contributed by atoms with Gasteiger partial charge in [-0.05, 0) is 39.1 Å². The lowest BCUT2D eigenvalue weighted by Gasteiger charge is -2.26. The molecule has 4 rings (SSSR count). The number of carbonyl (C=O) groups is 1. The highest BCUT2D eigenvalue weighted by atomic mass is 35.5. The van der Waals surface area contributed by atoms with E-state index in [9.17, 15) is 23.7 Å². The highest BCUT2D eigenvalue weighted by molar-refractivity contribution is 7.52. The van der Waals surface area contributed by atoms with Crippen molar-refractivity contribution in [3.05, 3.63) is 65.0 Å². The van der Waals surface area contributed by atoms with E-state index in [4.69, 9.17) is 35.9 Å². The van der Waals surface area contributed by atoms with Gasteiger partial charge in [-0.3, -0.25) is 13.9 Å². The van der Waals surface area contributed by atoms with E-state index in [-0.39, 0.29) is 5.75 Å². The number of aromatic nitrogens is 2. The molecular weight excluding hydrogens is 582 g/mol. The van der Waals surface area contributed by atoms with Crippen LogP contribution in [-0.2, 0) is 23.4 Å². The Morgan fingerprint density at radius 1 is 1.29 bits per heavy atom. The molecule has 1 fully saturated rings. The van der Waals surface area contributed by atoms with Crippen molar-refractivity contribution >= 4 is 41.9 Å². The Morgan fingerprint density at radius 3 is 2.68 bits per heavy atom. The molecule has 0 aliphatic carbocycles. The first-order valence-electron chi connectivity index (χ1n) is 12.7. The zero-order valence-electron chi connectivity index (χ0n) is 22.7. The minimum atomic E-state index is -4.38. The first kappa shape index (κ1) is 30.9. The number of hydrogen-bond donors (Lipinski definition) is 3. The van der Waals surface area contributed by atoms with Crippen LogP contribution in [0.15, 0.2) is 53.5 Å². The molecule has 1 unspecified atom stereocenters. The fraction of sp³-hybridized carbons (Fsp3) is 0.423. The number of ether oxygens (including phenoxy) is 2. The average Bonchev–Trinajstić information content (AvgIpc) is 3.13. The molecule has 2 aromatic carbocycles. The molecule has 0 saturated carbocycles. The second-order valence-corrected chi connectivity index (χ2v) is 12.5. The summed E-state index contributed by atoms with van der Waals surface area (Å²) in [6.45, 7) is 5.56. The number of nitrogens with one attached hydrogen (secondary N) is 1. The summed E-state index contributed by atoms with van der Waals surface area (Å²) < 4.78 is 51.5. The zero-order valence-corrected chi connectivity index (χ0v) is 24.3. The van der Waals surface area contributed by atoms with Crippen molar-refractivity contribution < 1.29 is 37.4 Å². The van der Waals surface area contributed by atoms with E-state index in [1.54, 1.807) is 38.1 Å². The van der Waals surface area contributed by atoms with Gasteiger partial charge >= 0.3 is 19.4 Å². The third-order valence-corrected chi connectivity index (χ3v) is 8.38. The molecule has 4 N–H and O–H groups in total. The van der Waals surface area contributed by atoms with Gasteiger partial charge in [0.2, 0.25) is 0 Å². The Labute approximate surface area is 240 Å². The second-order valence-electron chi connectivity index (χ2n) is 9.99. The number of carbonyl (C=O) groups excluding carboxylic acids is 1. The van der Waals surface area contributed by atoms with Crippen molar-refractivity contribution in [3.8, 4) is 5.75 Å². The Kier molecular flexibility index (Phi) is 9.07. The quantitative estimate of drug-likeness (QED) is 0.174. The zero-order chi connectivity index (χ0) is 30.1. The van der Waals surface area contributed by atoms with Crippen LogP contribution in [0.5, 0.6) is 5.75 Å². The van der Waals surface area contributed by atoms with Gasteiger partial charge in [0.1, 0.15) is 28.9 Å². The van der Waals surface area contributed by atoms with Gasteiger partial charge in [0.05, 0.1) is 18.9 Å². The molecule has 0 bridgehead atoms. The molecule has 0 amide bonds. The Bertz CT molecular complexity index is 1530. The number of nitrogens with zero attached hydrogens (tertiary/aromatic N) is 2. The van der Waals surface area contributed by atoms with Crippen molar-refractivity contribution in [1.29, 1.82) is 0 Å². The standard InChI is InChI=1S/C26H31ClFN4O8P/c1-14(2)38-23(34)15(3)31-41(36,40-19-11-7-9-16-8-5-6-10-17(16)19)37-13-20-21(33)26(4,27)24(39-20)32-12-18(28)22(29)30-25(32)35/h5-12,14-15,20-21,24,33H,13H2,1-4H3,(H,31,36)(H2,29,30,35)/t15-,20-,21-,24-,26-,41?/m1/s1. The summed E-state index contributed by atoms with van der Waals surface area (Å²) in [5, 5.41) is 14.9. The summed E-state index contributed by atoms with van der Waals surface area (Å²) in [4.78, 5) is 26.6. The summed E-state index contributed by atoms with van der Waals surface area (Å²) in [6, 6.07) is 11.2. The lowest BCUT2D eigenvalue weighted by atomic mass is 10.0. The van der Waals surface area contributed by atoms with Crippen LogP contribution in [0.1, 0.15) is 33.9 Å². The van der Waals surface area contributed by atoms with Crippen LogP contribution in [0.3, 0.4) is 0 Å². The van der Waals surface area contributed by atoms with Crippen molar-refractivity contribution in [2.75, 3.05) is 12.3 Å². The summed E-state index contributed by atoms with van der Waals surface area (Å²) in [7, 11) is -4.38. The maximum atomic E-state index is 14.1. The molecule has 1 aliphatic heterocycles. The predicted octanol–water partition coefficient (Wildman–Crippen LogP) is 3.51. The van der Waals surface area contributed by atoms with Crippen LogP contribution >= 0.6 is 19.3 Å². The molecule has 15 heteroatoms. The SMILES string of the molecule is CC(C)OC(=O)[C@@H](C)NP(=O)(OC[C@H]1O[C@@H](n2cc(F)c(N)nc2=O)[C@](C)(Cl)[C@@H]1O)Oc1cccc2ccccc12. The number of fused-ring (bicyclic) bond motifs is 1. The number of halogens is 2. The maximum Gasteiger partial charge on any atom is 0.459 e. The van der Waals surface area contributed by atoms with Crippen molar-refractivity contribution in [2.45, 2.75) is 63.2 Å². The molecule has 6 atom stereocenters. The summed E-state index contributed by atoms with van der Waals surface area (Å²) in [5.41, 5.74) is 4.40. The third-order valence-electron chi connectivity index (χ3n) is 6.34. The molecule has 1 aromatic heterocycles. The lowest BCUT2D eigenvalue weighted by Crippen LogP contribution is -2.42. The number of hydrogen-bond acceptors (Lipinski definition) is 10. The number of aliphatic hydroxyl groups is 1. The van der Waals surface area contributed by atoms with Crippen LogP contribution in [0, 0.1) is 5.82 Å². The highest BCUT2D eigenvalue weighted by Crippen LogP contribution is 2.49. The van der Waals surface area contributed by atoms with Crippen LogP contribution < -0.4 is 21.0 Å². The topological polar surface area (TPSA) is 164 Å². The second kappa shape index (κ2) is 12.0. The molecular formula is C26H31ClFN4O8P. The Balaban J connectivity index is 1.60. The van der Waals surface area contributed by atoms with Gasteiger partial charge in [-0.2, -0.15) is 10.1 Å². The molecule has 12 nitrogen and oxygen atoms in total. The van der Waals surface area contributed by atoms with Crippen LogP contribution in [0.25, 0.3) is 10.8 Å². The van der Waals surface area contributed by atoms with Crippen LogP contribution in [0.4, 0.5) is 10.2 Å². The number of aliphatic hydroxyl groups excluding tert-OH is 1. The van der Waals surface area contributed by atoms with Crippen LogP contribution in [0.2, 0.25) is 0 Å². The van der Waals surface area contributed by atoms with E-state index in [0.717, 1.165) is 16.2 Å². The van der Waals surface area contributed by atoms with E-state index in [1.165, 1.54) is 13.8 Å². The fourth-order valence-corrected chi connectivity index (χ4v) is 6.08. The number of nitrogen functional groups attached to an aromatic ring is 1. The first-order chi connectivity index (χ1) is 19.2. The van der Waals surface area contributed by atoms with E-state index in [1.807, 2.05) is 18.2 Å². The van der Waals surface area contributed by atoms with E-state index < -0.39 is 73.1 Å². The lowest BCUT2D eigenvalue weighted by molar-refractivity contribution is -0.149. The van der Waals surface area contributed by atoms with Gasteiger partial charge in [-0.15, -0.1) is 11.6 Å². The largest absolute Gasteiger partial charge is 0.462 e. The number of nitrogens with two attached hydrogens (primary N) is 1. The molecule has 41 heavy (non-hydrogen) atoms. The van der Waals surface area contributed by atoms with Crippen molar-refractivity contribution in [3.63, 3.8) is 0 Å². The molecule has 0 radical (unpaired) electrons. The Morgan fingerprint density at radius 2 is 1.98 bits per heavy atom. The summed E-state index contributed by atoms with van der Waals surface area (Å²) in [6.07, 6.45) is -3.81. The molecule has 1 saturated heterocycles. The number of esters is 1. The molecule has 3 aromatic rings. The number of alkyl halides is 1. The highest BCUT2D eigenvalue weighted by Gasteiger charge is 2.54. The smallest absolute Gasteiger partial charge is 0.459 e. The van der Waals surface area contributed by atoms with E-state index in [0.29, 0.717) is 5.39 Å². The van der Waals surface area contributed by atoms with Gasteiger partial charge in [0.25, 0.3) is 0 Å². The van der Waals surface area contributed by atoms with E-state index >= 15 is 0 Å². The maximum absolute atomic E-state index is 14.1. The fourth-order valence-electron chi connectivity index (χ4n) is 4.27. The van der Waals surface area contributed by atoms with Gasteiger partial charge in [-0.1, -0.05) is 36.4 Å². The Hall–Kier alpha value is -3.06. The monoisotopic (exact) mass is 612 g/mol. The molecule has 2 heterocycles. The molecule has 222 valence electrons. The summed E-state index contributed by atoms with van der Waals surface area (Å²) in [5.74, 6) is -2.10. The van der Waals surface area contributed by atoms with Gasteiger partial charge in [0.15, 0.2) is 17.9 Å². The van der Waals surface area contributed by atoms with E-state index in [2.05, 4.69) is 10.1 Å². The normalized spacial score (nSPS) is 24.7. The summed E-state index contributed by atoms with van der Waals surface area (Å²) >= 11 is 6.55. The number of rotatable bonds is 10. The van der Waals surface area contributed by atoms with Crippen molar-refractivity contribution in [2.24, 2.45) is 0 Å². The predicted molar refractivity (Wildman–Crippen MR) is 149 cm³/mol. The molecule has 1 aliphatic rings.